The summed E-state index contributed by atoms with van der Waals surface area (Å²) in [7, 11) is -2.29. The van der Waals surface area contributed by atoms with Gasteiger partial charge in [-0.2, -0.15) is 9.30 Å². The Labute approximate surface area is 210 Å². The van der Waals surface area contributed by atoms with Gasteiger partial charge in [0, 0.05) is 23.1 Å². The first-order valence-electron chi connectivity index (χ1n) is 10.8. The number of nitrogens with zero attached hydrogens (tertiary/aromatic N) is 3. The van der Waals surface area contributed by atoms with Gasteiger partial charge in [-0.25, -0.2) is 8.42 Å². The van der Waals surface area contributed by atoms with E-state index in [1.807, 2.05) is 18.2 Å². The molecule has 1 aliphatic rings. The van der Waals surface area contributed by atoms with E-state index in [4.69, 9.17) is 4.74 Å². The summed E-state index contributed by atoms with van der Waals surface area (Å²) in [5.74, 6) is -0.984. The largest absolute Gasteiger partial charge is 0.468 e. The summed E-state index contributed by atoms with van der Waals surface area (Å²) in [5, 5.41) is 0. The fraction of sp³-hybridized carbons (Fsp3) is 0.348. The van der Waals surface area contributed by atoms with E-state index in [1.54, 1.807) is 4.57 Å². The van der Waals surface area contributed by atoms with E-state index in [2.05, 4.69) is 20.9 Å². The van der Waals surface area contributed by atoms with Gasteiger partial charge in [-0.3, -0.25) is 9.59 Å². The minimum absolute atomic E-state index is 0.0860. The van der Waals surface area contributed by atoms with Crippen molar-refractivity contribution in [3.8, 4) is 0 Å². The van der Waals surface area contributed by atoms with Crippen LogP contribution >= 0.6 is 27.3 Å². The standard InChI is InChI=1S/C23H24BrN3O5S2/c1-32-21(28)15-27-19-11-8-17(24)14-20(19)33-23(27)25-22(29)16-6-9-18(10-7-16)34(30,31)26-12-4-2-3-5-13-26/h6-11,14H,2-5,12-13,15H2,1H3. The lowest BCUT2D eigenvalue weighted by atomic mass is 10.2. The van der Waals surface area contributed by atoms with Crippen molar-refractivity contribution in [2.45, 2.75) is 37.1 Å². The highest BCUT2D eigenvalue weighted by molar-refractivity contribution is 9.10. The molecule has 1 amide bonds. The van der Waals surface area contributed by atoms with Crippen LogP contribution < -0.4 is 4.80 Å². The molecular formula is C23H24BrN3O5S2. The lowest BCUT2D eigenvalue weighted by Gasteiger charge is -2.19. The number of carbonyl (C=O) groups excluding carboxylic acids is 2. The van der Waals surface area contributed by atoms with Crippen LogP contribution in [0.25, 0.3) is 10.2 Å². The predicted octanol–water partition coefficient (Wildman–Crippen LogP) is 3.94. The highest BCUT2D eigenvalue weighted by Crippen LogP contribution is 2.23. The van der Waals surface area contributed by atoms with Gasteiger partial charge in [0.25, 0.3) is 5.91 Å². The maximum absolute atomic E-state index is 13.0. The minimum Gasteiger partial charge on any atom is -0.468 e. The van der Waals surface area contributed by atoms with Crippen LogP contribution in [0, 0.1) is 0 Å². The SMILES string of the molecule is COC(=O)Cn1c(=NC(=O)c2ccc(S(=O)(=O)N3CCCCCC3)cc2)sc2cc(Br)ccc21. The average Bonchev–Trinajstić information content (AvgIpc) is 2.99. The van der Waals surface area contributed by atoms with Gasteiger partial charge in [0.05, 0.1) is 22.2 Å². The van der Waals surface area contributed by atoms with Crippen molar-refractivity contribution in [1.82, 2.24) is 8.87 Å². The maximum atomic E-state index is 13.0. The third-order valence-corrected chi connectivity index (χ3v) is 9.11. The molecule has 2 aromatic carbocycles. The third-order valence-electron chi connectivity index (χ3n) is 5.66. The van der Waals surface area contributed by atoms with Crippen LogP contribution in [0.15, 0.2) is 56.8 Å². The summed E-state index contributed by atoms with van der Waals surface area (Å²) in [6, 6.07) is 11.4. The second kappa shape index (κ2) is 10.5. The minimum atomic E-state index is -3.60. The zero-order chi connectivity index (χ0) is 24.3. The van der Waals surface area contributed by atoms with Crippen LogP contribution in [0.3, 0.4) is 0 Å². The number of hydrogen-bond acceptors (Lipinski definition) is 6. The number of esters is 1. The molecule has 0 atom stereocenters. The van der Waals surface area contributed by atoms with Crippen molar-refractivity contribution >= 4 is 59.4 Å². The number of ether oxygens (including phenoxy) is 1. The van der Waals surface area contributed by atoms with E-state index in [1.165, 1.54) is 47.0 Å². The number of fused-ring (bicyclic) bond motifs is 1. The number of amides is 1. The summed E-state index contributed by atoms with van der Waals surface area (Å²) >= 11 is 4.71. The maximum Gasteiger partial charge on any atom is 0.325 e. The molecule has 3 aromatic rings. The number of carbonyl (C=O) groups is 2. The summed E-state index contributed by atoms with van der Waals surface area (Å²) in [5.41, 5.74) is 1.02. The van der Waals surface area contributed by atoms with Crippen molar-refractivity contribution in [2.75, 3.05) is 20.2 Å². The number of benzene rings is 2. The predicted molar refractivity (Wildman–Crippen MR) is 133 cm³/mol. The van der Waals surface area contributed by atoms with E-state index in [0.717, 1.165) is 40.4 Å². The molecule has 1 saturated heterocycles. The van der Waals surface area contributed by atoms with Gasteiger partial charge < -0.3 is 9.30 Å². The normalized spacial score (nSPS) is 15.9. The zero-order valence-electron chi connectivity index (χ0n) is 18.6. The van der Waals surface area contributed by atoms with E-state index in [-0.39, 0.29) is 17.0 Å². The van der Waals surface area contributed by atoms with E-state index in [0.29, 0.717) is 17.9 Å². The molecule has 1 aliphatic heterocycles. The Balaban J connectivity index is 1.65. The third kappa shape index (κ3) is 5.32. The zero-order valence-corrected chi connectivity index (χ0v) is 21.8. The Kier molecular flexibility index (Phi) is 7.66. The number of aromatic nitrogens is 1. The molecule has 0 bridgehead atoms. The van der Waals surface area contributed by atoms with E-state index >= 15 is 0 Å². The van der Waals surface area contributed by atoms with Gasteiger partial charge in [0.15, 0.2) is 4.80 Å². The van der Waals surface area contributed by atoms with Gasteiger partial charge in [0.1, 0.15) is 6.54 Å². The lowest BCUT2D eigenvalue weighted by molar-refractivity contribution is -0.141. The van der Waals surface area contributed by atoms with Crippen LogP contribution in [0.4, 0.5) is 0 Å². The molecule has 0 aliphatic carbocycles. The molecule has 0 N–H and O–H groups in total. The second-order valence-corrected chi connectivity index (χ2v) is 11.8. The van der Waals surface area contributed by atoms with Crippen LogP contribution in [0.5, 0.6) is 0 Å². The molecule has 8 nitrogen and oxygen atoms in total. The number of rotatable bonds is 5. The number of methoxy groups -OCH3 is 1. The Hall–Kier alpha value is -2.34. The number of sulfonamides is 1. The van der Waals surface area contributed by atoms with Crippen LogP contribution in [0.2, 0.25) is 0 Å². The second-order valence-electron chi connectivity index (χ2n) is 7.92. The molecule has 0 spiro atoms. The molecular weight excluding hydrogens is 542 g/mol. The quantitative estimate of drug-likeness (QED) is 0.436. The highest BCUT2D eigenvalue weighted by atomic mass is 79.9. The lowest BCUT2D eigenvalue weighted by Crippen LogP contribution is -2.31. The molecule has 11 heteroatoms. The van der Waals surface area contributed by atoms with Gasteiger partial charge in [-0.1, -0.05) is 40.1 Å². The van der Waals surface area contributed by atoms with Crippen LogP contribution in [-0.2, 0) is 26.1 Å². The number of halogens is 1. The Morgan fingerprint density at radius 1 is 1.06 bits per heavy atom. The van der Waals surface area contributed by atoms with Gasteiger partial charge in [-0.15, -0.1) is 0 Å². The van der Waals surface area contributed by atoms with Crippen molar-refractivity contribution in [2.24, 2.45) is 4.99 Å². The topological polar surface area (TPSA) is 98.0 Å². The fourth-order valence-corrected chi connectivity index (χ4v) is 6.93. The molecule has 4 rings (SSSR count). The Morgan fingerprint density at radius 2 is 1.74 bits per heavy atom. The van der Waals surface area contributed by atoms with Crippen LogP contribution in [0.1, 0.15) is 36.0 Å². The van der Waals surface area contributed by atoms with Gasteiger partial charge >= 0.3 is 5.97 Å². The summed E-state index contributed by atoms with van der Waals surface area (Å²) in [6.45, 7) is 0.943. The fourth-order valence-electron chi connectivity index (χ4n) is 3.83. The van der Waals surface area contributed by atoms with Crippen molar-refractivity contribution in [3.05, 3.63) is 57.3 Å². The van der Waals surface area contributed by atoms with Crippen molar-refractivity contribution < 1.29 is 22.7 Å². The molecule has 0 radical (unpaired) electrons. The molecule has 0 saturated carbocycles. The number of thiazole rings is 1. The van der Waals surface area contributed by atoms with E-state index in [9.17, 15) is 18.0 Å². The molecule has 2 heterocycles. The molecule has 1 aromatic heterocycles. The van der Waals surface area contributed by atoms with E-state index < -0.39 is 21.9 Å². The average molecular weight is 566 g/mol. The first kappa shape index (κ1) is 24.8. The first-order valence-corrected chi connectivity index (χ1v) is 13.9. The Morgan fingerprint density at radius 3 is 2.38 bits per heavy atom. The van der Waals surface area contributed by atoms with Crippen molar-refractivity contribution in [3.63, 3.8) is 0 Å². The monoisotopic (exact) mass is 565 g/mol. The van der Waals surface area contributed by atoms with Gasteiger partial charge in [-0.05, 0) is 55.3 Å². The summed E-state index contributed by atoms with van der Waals surface area (Å²) in [4.78, 5) is 29.6. The van der Waals surface area contributed by atoms with Crippen molar-refractivity contribution in [1.29, 1.82) is 0 Å². The molecule has 0 unspecified atom stereocenters. The number of hydrogen-bond donors (Lipinski definition) is 0. The highest BCUT2D eigenvalue weighted by Gasteiger charge is 2.25. The molecule has 34 heavy (non-hydrogen) atoms. The smallest absolute Gasteiger partial charge is 0.325 e. The first-order chi connectivity index (χ1) is 16.3. The molecule has 1 fully saturated rings. The summed E-state index contributed by atoms with van der Waals surface area (Å²) < 4.78 is 35.6. The summed E-state index contributed by atoms with van der Waals surface area (Å²) in [6.07, 6.45) is 3.77. The Bertz CT molecular complexity index is 1390. The van der Waals surface area contributed by atoms with Crippen LogP contribution in [-0.4, -0.2) is 49.4 Å². The van der Waals surface area contributed by atoms with Gasteiger partial charge in [0.2, 0.25) is 10.0 Å². The molecule has 180 valence electrons.